The molecule has 0 spiro atoms. The maximum absolute atomic E-state index is 3.99. The van der Waals surface area contributed by atoms with Crippen molar-refractivity contribution in [2.24, 2.45) is 0 Å². The van der Waals surface area contributed by atoms with Gasteiger partial charge in [-0.15, -0.1) is 10.2 Å². The summed E-state index contributed by atoms with van der Waals surface area (Å²) >= 11 is 10.2. The van der Waals surface area contributed by atoms with Crippen LogP contribution in [-0.2, 0) is 5.41 Å². The van der Waals surface area contributed by atoms with Crippen LogP contribution in [0.5, 0.6) is 0 Å². The number of hydrogen-bond donors (Lipinski definition) is 0. The summed E-state index contributed by atoms with van der Waals surface area (Å²) < 4.78 is 1.57. The van der Waals surface area contributed by atoms with E-state index in [9.17, 15) is 0 Å². The summed E-state index contributed by atoms with van der Waals surface area (Å²) in [5, 5.41) is 8.77. The van der Waals surface area contributed by atoms with Gasteiger partial charge in [-0.3, -0.25) is 0 Å². The lowest BCUT2D eigenvalue weighted by atomic mass is 9.89. The smallest absolute Gasteiger partial charge is 0.132 e. The fraction of sp³-hybridized carbons (Fsp3) is 0.500. The molecule has 13 heavy (non-hydrogen) atoms. The molecule has 72 valence electrons. The van der Waals surface area contributed by atoms with Gasteiger partial charge >= 0.3 is 0 Å². The van der Waals surface area contributed by atoms with Gasteiger partial charge in [-0.25, -0.2) is 0 Å². The predicted octanol–water partition coefficient (Wildman–Crippen LogP) is 3.67. The van der Waals surface area contributed by atoms with Crippen LogP contribution in [0.3, 0.4) is 0 Å². The SMILES string of the molecule is CC(C)(CBr)c1cc(Br)nnc1Br. The van der Waals surface area contributed by atoms with E-state index < -0.39 is 0 Å². The zero-order valence-electron chi connectivity index (χ0n) is 7.31. The van der Waals surface area contributed by atoms with E-state index in [1.54, 1.807) is 0 Å². The molecule has 0 aliphatic heterocycles. The second-order valence-electron chi connectivity index (χ2n) is 3.39. The first-order valence-electron chi connectivity index (χ1n) is 3.72. The minimum Gasteiger partial charge on any atom is -0.142 e. The van der Waals surface area contributed by atoms with Gasteiger partial charge < -0.3 is 0 Å². The lowest BCUT2D eigenvalue weighted by Gasteiger charge is -2.22. The van der Waals surface area contributed by atoms with Crippen molar-refractivity contribution in [3.05, 3.63) is 20.8 Å². The monoisotopic (exact) mass is 370 g/mol. The Morgan fingerprint density at radius 3 is 2.46 bits per heavy atom. The maximum atomic E-state index is 3.99. The molecule has 1 aromatic rings. The highest BCUT2D eigenvalue weighted by Crippen LogP contribution is 2.31. The topological polar surface area (TPSA) is 25.8 Å². The molecule has 1 aromatic heterocycles. The van der Waals surface area contributed by atoms with Crippen LogP contribution in [0.15, 0.2) is 15.3 Å². The normalized spacial score (nSPS) is 11.8. The number of aromatic nitrogens is 2. The van der Waals surface area contributed by atoms with Crippen molar-refractivity contribution in [3.63, 3.8) is 0 Å². The molecule has 0 radical (unpaired) electrons. The molecule has 0 saturated carbocycles. The Morgan fingerprint density at radius 1 is 1.31 bits per heavy atom. The second-order valence-corrected chi connectivity index (χ2v) is 5.51. The van der Waals surface area contributed by atoms with Crippen LogP contribution in [0.2, 0.25) is 0 Å². The Balaban J connectivity index is 3.20. The average Bonchev–Trinajstić information content (AvgIpc) is 2.09. The summed E-state index contributed by atoms with van der Waals surface area (Å²) in [4.78, 5) is 0. The van der Waals surface area contributed by atoms with Crippen LogP contribution >= 0.6 is 47.8 Å². The first kappa shape index (κ1) is 11.6. The van der Waals surface area contributed by atoms with Crippen LogP contribution in [-0.4, -0.2) is 15.5 Å². The molecule has 2 nitrogen and oxygen atoms in total. The van der Waals surface area contributed by atoms with E-state index in [4.69, 9.17) is 0 Å². The van der Waals surface area contributed by atoms with Gasteiger partial charge in [0.05, 0.1) is 0 Å². The molecule has 0 aromatic carbocycles. The molecule has 0 fully saturated rings. The van der Waals surface area contributed by atoms with Crippen LogP contribution in [0.25, 0.3) is 0 Å². The molecular formula is C8H9Br3N2. The van der Waals surface area contributed by atoms with E-state index in [0.29, 0.717) is 0 Å². The molecule has 0 aliphatic carbocycles. The molecule has 0 unspecified atom stereocenters. The van der Waals surface area contributed by atoms with E-state index >= 15 is 0 Å². The minimum atomic E-state index is 0.0529. The van der Waals surface area contributed by atoms with E-state index in [0.717, 1.165) is 20.1 Å². The first-order chi connectivity index (χ1) is 5.97. The van der Waals surface area contributed by atoms with Gasteiger partial charge in [-0.2, -0.15) is 0 Å². The lowest BCUT2D eigenvalue weighted by Crippen LogP contribution is -2.20. The van der Waals surface area contributed by atoms with Crippen molar-refractivity contribution in [3.8, 4) is 0 Å². The van der Waals surface area contributed by atoms with Crippen molar-refractivity contribution in [2.75, 3.05) is 5.33 Å². The molecule has 0 aliphatic rings. The molecule has 0 amide bonds. The Hall–Kier alpha value is 0.520. The van der Waals surface area contributed by atoms with Gasteiger partial charge in [0.15, 0.2) is 0 Å². The minimum absolute atomic E-state index is 0.0529. The predicted molar refractivity (Wildman–Crippen MR) is 64.3 cm³/mol. The molecule has 5 heteroatoms. The Labute approximate surface area is 103 Å². The fourth-order valence-corrected chi connectivity index (χ4v) is 2.24. The number of hydrogen-bond acceptors (Lipinski definition) is 2. The molecule has 0 saturated heterocycles. The van der Waals surface area contributed by atoms with E-state index in [-0.39, 0.29) is 5.41 Å². The van der Waals surface area contributed by atoms with E-state index in [1.165, 1.54) is 0 Å². The molecule has 1 rings (SSSR count). The number of halogens is 3. The van der Waals surface area contributed by atoms with Crippen molar-refractivity contribution in [2.45, 2.75) is 19.3 Å². The molecule has 0 N–H and O–H groups in total. The largest absolute Gasteiger partial charge is 0.142 e. The Bertz CT molecular complexity index is 312. The molecule has 0 bridgehead atoms. The summed E-state index contributed by atoms with van der Waals surface area (Å²) in [7, 11) is 0. The number of rotatable bonds is 2. The quantitative estimate of drug-likeness (QED) is 0.740. The van der Waals surface area contributed by atoms with Gasteiger partial charge in [0.25, 0.3) is 0 Å². The van der Waals surface area contributed by atoms with E-state index in [2.05, 4.69) is 71.8 Å². The van der Waals surface area contributed by atoms with Gasteiger partial charge in [0.1, 0.15) is 9.21 Å². The van der Waals surface area contributed by atoms with Gasteiger partial charge in [0, 0.05) is 10.7 Å². The zero-order chi connectivity index (χ0) is 10.1. The summed E-state index contributed by atoms with van der Waals surface area (Å²) in [5.74, 6) is 0. The van der Waals surface area contributed by atoms with Crippen LogP contribution in [0, 0.1) is 0 Å². The summed E-state index contributed by atoms with van der Waals surface area (Å²) in [6.45, 7) is 4.30. The lowest BCUT2D eigenvalue weighted by molar-refractivity contribution is 0.594. The average molecular weight is 373 g/mol. The van der Waals surface area contributed by atoms with Gasteiger partial charge in [0.2, 0.25) is 0 Å². The summed E-state index contributed by atoms with van der Waals surface area (Å²) in [5.41, 5.74) is 1.20. The third-order valence-electron chi connectivity index (χ3n) is 1.78. The van der Waals surface area contributed by atoms with Crippen LogP contribution in [0.4, 0.5) is 0 Å². The fourth-order valence-electron chi connectivity index (χ4n) is 0.900. The second kappa shape index (κ2) is 4.36. The molecular weight excluding hydrogens is 364 g/mol. The van der Waals surface area contributed by atoms with Crippen molar-refractivity contribution >= 4 is 47.8 Å². The van der Waals surface area contributed by atoms with Crippen LogP contribution in [0.1, 0.15) is 19.4 Å². The summed E-state index contributed by atoms with van der Waals surface area (Å²) in [6, 6.07) is 1.98. The highest BCUT2D eigenvalue weighted by molar-refractivity contribution is 9.11. The maximum Gasteiger partial charge on any atom is 0.132 e. The third kappa shape index (κ3) is 2.73. The number of alkyl halides is 1. The van der Waals surface area contributed by atoms with Crippen molar-refractivity contribution < 1.29 is 0 Å². The first-order valence-corrected chi connectivity index (χ1v) is 6.43. The van der Waals surface area contributed by atoms with Crippen molar-refractivity contribution in [1.29, 1.82) is 0 Å². The third-order valence-corrected chi connectivity index (χ3v) is 4.16. The zero-order valence-corrected chi connectivity index (χ0v) is 12.1. The molecule has 1 heterocycles. The van der Waals surface area contributed by atoms with Crippen molar-refractivity contribution in [1.82, 2.24) is 10.2 Å². The van der Waals surface area contributed by atoms with Gasteiger partial charge in [-0.1, -0.05) is 29.8 Å². The number of nitrogens with zero attached hydrogens (tertiary/aromatic N) is 2. The highest BCUT2D eigenvalue weighted by atomic mass is 79.9. The summed E-state index contributed by atoms with van der Waals surface area (Å²) in [6.07, 6.45) is 0. The Kier molecular flexibility index (Phi) is 3.89. The Morgan fingerprint density at radius 2 is 1.92 bits per heavy atom. The molecule has 0 atom stereocenters. The van der Waals surface area contributed by atoms with Gasteiger partial charge in [-0.05, 0) is 43.5 Å². The standard InChI is InChI=1S/C8H9Br3N2/c1-8(2,4-9)5-3-6(10)12-13-7(5)11/h3H,4H2,1-2H3. The van der Waals surface area contributed by atoms with E-state index in [1.807, 2.05) is 6.07 Å². The highest BCUT2D eigenvalue weighted by Gasteiger charge is 2.23. The van der Waals surface area contributed by atoms with Crippen LogP contribution < -0.4 is 0 Å².